The number of methoxy groups -OCH3 is 1. The fourth-order valence-electron chi connectivity index (χ4n) is 2.01. The minimum absolute atomic E-state index is 0.0276. The Morgan fingerprint density at radius 3 is 2.56 bits per heavy atom. The molecule has 0 saturated heterocycles. The summed E-state index contributed by atoms with van der Waals surface area (Å²) in [5.41, 5.74) is 0.834. The summed E-state index contributed by atoms with van der Waals surface area (Å²) >= 11 is 0. The van der Waals surface area contributed by atoms with Crippen LogP contribution in [0.3, 0.4) is 0 Å². The molecule has 2 aromatic rings. The van der Waals surface area contributed by atoms with Gasteiger partial charge in [0.15, 0.2) is 18.1 Å². The Bertz CT molecular complexity index is 876. The van der Waals surface area contributed by atoms with Crippen LogP contribution in [0.15, 0.2) is 48.5 Å². The van der Waals surface area contributed by atoms with E-state index in [0.717, 1.165) is 6.08 Å². The van der Waals surface area contributed by atoms with Gasteiger partial charge in [0.2, 0.25) is 0 Å². The van der Waals surface area contributed by atoms with Gasteiger partial charge in [0.05, 0.1) is 12.0 Å². The highest BCUT2D eigenvalue weighted by Gasteiger charge is 2.08. The van der Waals surface area contributed by atoms with E-state index in [1.807, 2.05) is 0 Å². The van der Waals surface area contributed by atoms with Gasteiger partial charge in [-0.1, -0.05) is 6.07 Å². The van der Waals surface area contributed by atoms with Crippen LogP contribution in [0.25, 0.3) is 6.08 Å². The van der Waals surface area contributed by atoms with Crippen LogP contribution in [-0.2, 0) is 14.3 Å². The number of nitro groups is 1. The smallest absolute Gasteiger partial charge is 0.331 e. The Balaban J connectivity index is 1.84. The zero-order valence-electron chi connectivity index (χ0n) is 14.2. The van der Waals surface area contributed by atoms with Crippen molar-refractivity contribution >= 4 is 29.3 Å². The molecule has 0 saturated carbocycles. The highest BCUT2D eigenvalue weighted by molar-refractivity contribution is 5.94. The van der Waals surface area contributed by atoms with Crippen molar-refractivity contribution in [3.8, 4) is 11.5 Å². The molecular formula is C18H16N2O7. The number of carbonyl (C=O) groups is 2. The van der Waals surface area contributed by atoms with Crippen LogP contribution < -0.4 is 10.1 Å². The number of nitrogens with zero attached hydrogens (tertiary/aromatic N) is 1. The minimum atomic E-state index is -0.735. The summed E-state index contributed by atoms with van der Waals surface area (Å²) in [5, 5.41) is 22.5. The molecule has 2 rings (SSSR count). The van der Waals surface area contributed by atoms with Gasteiger partial charge in [-0.05, 0) is 35.9 Å². The number of hydrogen-bond acceptors (Lipinski definition) is 7. The molecule has 2 aromatic carbocycles. The van der Waals surface area contributed by atoms with Gasteiger partial charge < -0.3 is 19.9 Å². The maximum Gasteiger partial charge on any atom is 0.331 e. The monoisotopic (exact) mass is 372 g/mol. The number of amides is 1. The molecule has 0 aromatic heterocycles. The second-order valence-corrected chi connectivity index (χ2v) is 5.22. The van der Waals surface area contributed by atoms with Crippen LogP contribution in [0, 0.1) is 10.1 Å². The van der Waals surface area contributed by atoms with E-state index in [0.29, 0.717) is 11.3 Å². The van der Waals surface area contributed by atoms with Crippen LogP contribution in [0.1, 0.15) is 5.56 Å². The van der Waals surface area contributed by atoms with Gasteiger partial charge in [-0.25, -0.2) is 4.79 Å². The number of non-ortho nitro benzene ring substituents is 1. The zero-order valence-corrected chi connectivity index (χ0v) is 14.2. The highest BCUT2D eigenvalue weighted by atomic mass is 16.6. The molecule has 0 heterocycles. The number of esters is 1. The molecule has 27 heavy (non-hydrogen) atoms. The largest absolute Gasteiger partial charge is 0.504 e. The average molecular weight is 372 g/mol. The van der Waals surface area contributed by atoms with Crippen molar-refractivity contribution in [1.29, 1.82) is 0 Å². The Labute approximate surface area is 154 Å². The van der Waals surface area contributed by atoms with Gasteiger partial charge in [0.1, 0.15) is 0 Å². The number of hydrogen-bond donors (Lipinski definition) is 2. The number of aromatic hydroxyl groups is 1. The first-order chi connectivity index (χ1) is 12.9. The summed E-state index contributed by atoms with van der Waals surface area (Å²) in [6.45, 7) is -0.515. The number of anilines is 1. The third-order valence-corrected chi connectivity index (χ3v) is 3.32. The van der Waals surface area contributed by atoms with Crippen LogP contribution in [-0.4, -0.2) is 35.6 Å². The predicted molar refractivity (Wildman–Crippen MR) is 96.4 cm³/mol. The molecule has 0 fully saturated rings. The van der Waals surface area contributed by atoms with Gasteiger partial charge in [-0.2, -0.15) is 0 Å². The normalized spacial score (nSPS) is 10.4. The molecule has 140 valence electrons. The molecule has 0 aliphatic carbocycles. The maximum absolute atomic E-state index is 11.7. The number of nitro benzene ring substituents is 1. The van der Waals surface area contributed by atoms with Crippen molar-refractivity contribution in [1.82, 2.24) is 0 Å². The molecule has 0 spiro atoms. The lowest BCUT2D eigenvalue weighted by Crippen LogP contribution is -2.20. The Morgan fingerprint density at radius 2 is 1.93 bits per heavy atom. The van der Waals surface area contributed by atoms with E-state index in [-0.39, 0.29) is 17.2 Å². The molecule has 0 atom stereocenters. The lowest BCUT2D eigenvalue weighted by molar-refractivity contribution is -0.384. The molecule has 0 aliphatic rings. The molecule has 9 heteroatoms. The first kappa shape index (κ1) is 19.4. The molecule has 1 amide bonds. The van der Waals surface area contributed by atoms with Crippen LogP contribution >= 0.6 is 0 Å². The molecule has 0 unspecified atom stereocenters. The van der Waals surface area contributed by atoms with Crippen molar-refractivity contribution in [2.45, 2.75) is 0 Å². The van der Waals surface area contributed by atoms with Crippen molar-refractivity contribution in [2.24, 2.45) is 0 Å². The summed E-state index contributed by atoms with van der Waals surface area (Å²) in [7, 11) is 1.40. The Morgan fingerprint density at radius 1 is 1.22 bits per heavy atom. The molecule has 0 radical (unpaired) electrons. The summed E-state index contributed by atoms with van der Waals surface area (Å²) in [5.74, 6) is -1.09. The van der Waals surface area contributed by atoms with E-state index < -0.39 is 23.4 Å². The lowest BCUT2D eigenvalue weighted by atomic mass is 10.2. The Kier molecular flexibility index (Phi) is 6.48. The zero-order chi connectivity index (χ0) is 19.8. The van der Waals surface area contributed by atoms with Gasteiger partial charge in [0.25, 0.3) is 11.6 Å². The van der Waals surface area contributed by atoms with E-state index in [4.69, 9.17) is 9.47 Å². The average Bonchev–Trinajstić information content (AvgIpc) is 2.66. The van der Waals surface area contributed by atoms with Gasteiger partial charge in [-0.15, -0.1) is 0 Å². The number of nitrogens with one attached hydrogen (secondary N) is 1. The van der Waals surface area contributed by atoms with E-state index in [9.17, 15) is 24.8 Å². The maximum atomic E-state index is 11.7. The van der Waals surface area contributed by atoms with Gasteiger partial charge >= 0.3 is 5.97 Å². The summed E-state index contributed by atoms with van der Waals surface area (Å²) in [6.07, 6.45) is 2.57. The van der Waals surface area contributed by atoms with E-state index in [1.54, 1.807) is 6.07 Å². The number of phenols is 1. The quantitative estimate of drug-likeness (QED) is 0.331. The van der Waals surface area contributed by atoms with E-state index in [2.05, 4.69) is 5.32 Å². The fraction of sp³-hybridized carbons (Fsp3) is 0.111. The standard InChI is InChI=1S/C18H16N2O7/c1-26-16-10-12(2-8-15(16)21)3-9-18(23)27-11-17(22)19-13-4-6-14(7-5-13)20(24)25/h2-10,21H,11H2,1H3,(H,19,22)/b9-3+. The van der Waals surface area contributed by atoms with Crippen LogP contribution in [0.5, 0.6) is 11.5 Å². The second-order valence-electron chi connectivity index (χ2n) is 5.22. The minimum Gasteiger partial charge on any atom is -0.504 e. The summed E-state index contributed by atoms with van der Waals surface area (Å²) in [6, 6.07) is 9.75. The van der Waals surface area contributed by atoms with Crippen LogP contribution in [0.2, 0.25) is 0 Å². The molecule has 9 nitrogen and oxygen atoms in total. The lowest BCUT2D eigenvalue weighted by Gasteiger charge is -2.05. The Hall–Kier alpha value is -3.88. The summed E-state index contributed by atoms with van der Waals surface area (Å²) < 4.78 is 9.77. The topological polar surface area (TPSA) is 128 Å². The SMILES string of the molecule is COc1cc(/C=C/C(=O)OCC(=O)Nc2ccc([N+](=O)[O-])cc2)ccc1O. The van der Waals surface area contributed by atoms with Gasteiger partial charge in [0, 0.05) is 23.9 Å². The molecular weight excluding hydrogens is 356 g/mol. The second kappa shape index (κ2) is 8.99. The van der Waals surface area contributed by atoms with Crippen molar-refractivity contribution < 1.29 is 29.1 Å². The van der Waals surface area contributed by atoms with Gasteiger partial charge in [-0.3, -0.25) is 14.9 Å². The number of benzene rings is 2. The van der Waals surface area contributed by atoms with E-state index >= 15 is 0 Å². The molecule has 0 aliphatic heterocycles. The first-order valence-electron chi connectivity index (χ1n) is 7.65. The number of phenolic OH excluding ortho intramolecular Hbond substituents is 1. The van der Waals surface area contributed by atoms with Crippen LogP contribution in [0.4, 0.5) is 11.4 Å². The number of ether oxygens (including phenoxy) is 2. The molecule has 0 bridgehead atoms. The summed E-state index contributed by atoms with van der Waals surface area (Å²) in [4.78, 5) is 33.4. The van der Waals surface area contributed by atoms with Crippen molar-refractivity contribution in [2.75, 3.05) is 19.0 Å². The third kappa shape index (κ3) is 5.85. The first-order valence-corrected chi connectivity index (χ1v) is 7.65. The van der Waals surface area contributed by atoms with E-state index in [1.165, 1.54) is 49.6 Å². The van der Waals surface area contributed by atoms with Crippen molar-refractivity contribution in [3.63, 3.8) is 0 Å². The molecule has 2 N–H and O–H groups in total. The third-order valence-electron chi connectivity index (χ3n) is 3.32. The fourth-order valence-corrected chi connectivity index (χ4v) is 2.01. The van der Waals surface area contributed by atoms with Crippen molar-refractivity contribution in [3.05, 3.63) is 64.2 Å². The predicted octanol–water partition coefficient (Wildman–Crippen LogP) is 2.50. The number of carbonyl (C=O) groups excluding carboxylic acids is 2. The highest BCUT2D eigenvalue weighted by Crippen LogP contribution is 2.26. The number of rotatable bonds is 7.